The normalized spacial score (nSPS) is 11.5. The molecule has 0 saturated heterocycles. The Bertz CT molecular complexity index is 2330. The zero-order chi connectivity index (χ0) is 60.7. The fraction of sp³-hybridized carbons (Fsp3) is 0.672. The van der Waals surface area contributed by atoms with Gasteiger partial charge < -0.3 is 97.3 Å². The van der Waals surface area contributed by atoms with Crippen LogP contribution in [0.15, 0.2) is 71.8 Å². The summed E-state index contributed by atoms with van der Waals surface area (Å²) in [5, 5.41) is 9.94. The van der Waals surface area contributed by atoms with E-state index in [0.717, 1.165) is 58.7 Å². The highest BCUT2D eigenvalue weighted by molar-refractivity contribution is 6.10. The number of amides is 1. The van der Waals surface area contributed by atoms with Crippen molar-refractivity contribution in [3.63, 3.8) is 0 Å². The van der Waals surface area contributed by atoms with Crippen LogP contribution in [0.2, 0.25) is 0 Å². The SMILES string of the molecule is [N-]=[N+]=Nc1ccc2c(c1)c(-c1ccccc1)[n+](CCCCCC(=O)NCCOCCOCCOCCOCCOCCOCCOCCOCCOCCOCCOCCOCCOCCOCCOCCOCCOCCN)c1cc(N)ccc21. The summed E-state index contributed by atoms with van der Waals surface area (Å²) in [5.41, 5.74) is 25.1. The predicted molar refractivity (Wildman–Crippen MR) is 325 cm³/mol. The van der Waals surface area contributed by atoms with E-state index in [2.05, 4.69) is 32.0 Å². The Morgan fingerprint density at radius 3 is 1.19 bits per heavy atom. The average Bonchev–Trinajstić information content (AvgIpc) is 0.873. The number of hydrogen-bond donors (Lipinski definition) is 3. The first-order chi connectivity index (χ1) is 42.6. The lowest BCUT2D eigenvalue weighted by atomic mass is 9.98. The van der Waals surface area contributed by atoms with Gasteiger partial charge in [-0.15, -0.1) is 0 Å². The number of nitrogens with one attached hydrogen (secondary N) is 1. The summed E-state index contributed by atoms with van der Waals surface area (Å²) in [6, 6.07) is 22.0. The molecule has 0 unspecified atom stereocenters. The molecule has 484 valence electrons. The number of pyridine rings is 1. The summed E-state index contributed by atoms with van der Waals surface area (Å²) >= 11 is 0. The van der Waals surface area contributed by atoms with Gasteiger partial charge in [-0.05, 0) is 48.7 Å². The van der Waals surface area contributed by atoms with Gasteiger partial charge in [-0.2, -0.15) is 4.57 Å². The molecule has 0 fully saturated rings. The van der Waals surface area contributed by atoms with E-state index < -0.39 is 0 Å². The molecule has 1 aromatic heterocycles. The lowest BCUT2D eigenvalue weighted by Crippen LogP contribution is -2.37. The molecule has 0 atom stereocenters. The van der Waals surface area contributed by atoms with Crippen molar-refractivity contribution in [2.45, 2.75) is 32.2 Å². The lowest BCUT2D eigenvalue weighted by molar-refractivity contribution is -0.659. The molecule has 86 heavy (non-hydrogen) atoms. The van der Waals surface area contributed by atoms with Gasteiger partial charge in [-0.25, -0.2) is 0 Å². The lowest BCUT2D eigenvalue weighted by Gasteiger charge is -2.13. The second-order valence-electron chi connectivity index (χ2n) is 18.9. The molecule has 0 aliphatic rings. The number of carbonyl (C=O) groups excluding carboxylic acids is 1. The van der Waals surface area contributed by atoms with E-state index in [-0.39, 0.29) is 5.91 Å². The molecule has 0 bridgehead atoms. The number of azide groups is 1. The monoisotopic (exact) mass is 1220 g/mol. The van der Waals surface area contributed by atoms with Gasteiger partial charge in [0.1, 0.15) is 6.54 Å². The van der Waals surface area contributed by atoms with Crippen molar-refractivity contribution in [2.24, 2.45) is 10.8 Å². The fourth-order valence-corrected chi connectivity index (χ4v) is 8.27. The van der Waals surface area contributed by atoms with Crippen LogP contribution in [0.5, 0.6) is 0 Å². The summed E-state index contributed by atoms with van der Waals surface area (Å²) in [6.07, 6.45) is 2.91. The standard InChI is InChI=1S/C61H97N7O18/c62-14-17-70-19-21-72-23-25-74-27-29-76-31-33-78-35-37-80-39-41-82-43-45-84-47-49-86-50-48-85-46-44-83-42-40-81-38-36-79-34-32-77-30-28-75-26-24-73-22-20-71-18-15-65-60(69)9-5-2-6-16-68-59-51-54(63)10-12-57(59)56-13-11-55(66-67-64)52-58(56)61(68)53-7-3-1-4-8-53/h1,3-4,7-8,10-13,51-52,63H,2,5-6,9,14-50,62H2,(H,65,69)/p+1. The van der Waals surface area contributed by atoms with Crippen LogP contribution in [0.4, 0.5) is 11.4 Å². The number of nitrogens with two attached hydrogens (primary N) is 2. The minimum Gasteiger partial charge on any atom is -0.399 e. The average molecular weight is 1220 g/mol. The molecule has 25 nitrogen and oxygen atoms in total. The molecule has 4 rings (SSSR count). The van der Waals surface area contributed by atoms with E-state index in [4.69, 9.17) is 97.5 Å². The van der Waals surface area contributed by atoms with Gasteiger partial charge in [-0.3, -0.25) is 4.79 Å². The number of anilines is 1. The molecule has 0 radical (unpaired) electrons. The van der Waals surface area contributed by atoms with Crippen molar-refractivity contribution in [1.29, 1.82) is 0 Å². The Morgan fingerprint density at radius 1 is 0.430 bits per heavy atom. The molecule has 1 amide bonds. The number of aryl methyl sites for hydroxylation is 1. The second kappa shape index (κ2) is 53.2. The number of unbranched alkanes of at least 4 members (excludes halogenated alkanes) is 2. The van der Waals surface area contributed by atoms with Gasteiger partial charge in [0.15, 0.2) is 0 Å². The van der Waals surface area contributed by atoms with Crippen LogP contribution in [0.25, 0.3) is 43.4 Å². The third-order valence-corrected chi connectivity index (χ3v) is 12.4. The highest BCUT2D eigenvalue weighted by Gasteiger charge is 2.24. The summed E-state index contributed by atoms with van der Waals surface area (Å²) in [7, 11) is 0. The number of aromatic nitrogens is 1. The van der Waals surface area contributed by atoms with Crippen LogP contribution in [-0.4, -0.2) is 244 Å². The second-order valence-corrected chi connectivity index (χ2v) is 18.9. The van der Waals surface area contributed by atoms with Crippen LogP contribution in [-0.2, 0) is 91.9 Å². The van der Waals surface area contributed by atoms with Gasteiger partial charge in [0, 0.05) is 59.2 Å². The Balaban J connectivity index is 0.795. The summed E-state index contributed by atoms with van der Waals surface area (Å²) in [4.78, 5) is 15.6. The zero-order valence-corrected chi connectivity index (χ0v) is 50.6. The third-order valence-electron chi connectivity index (χ3n) is 12.4. The zero-order valence-electron chi connectivity index (χ0n) is 50.6. The quantitative estimate of drug-likeness (QED) is 0.00950. The molecule has 0 aliphatic heterocycles. The van der Waals surface area contributed by atoms with Gasteiger partial charge >= 0.3 is 0 Å². The molecule has 0 saturated carbocycles. The van der Waals surface area contributed by atoms with E-state index in [1.54, 1.807) is 0 Å². The molecule has 0 aliphatic carbocycles. The maximum absolute atomic E-state index is 12.6. The maximum atomic E-state index is 12.6. The smallest absolute Gasteiger partial charge is 0.220 e. The molecule has 5 N–H and O–H groups in total. The first-order valence-corrected chi connectivity index (χ1v) is 30.2. The van der Waals surface area contributed by atoms with Crippen molar-refractivity contribution >= 4 is 39.0 Å². The van der Waals surface area contributed by atoms with E-state index >= 15 is 0 Å². The Hall–Kier alpha value is -4.81. The minimum atomic E-state index is 0.00190. The highest BCUT2D eigenvalue weighted by Crippen LogP contribution is 2.34. The summed E-state index contributed by atoms with van der Waals surface area (Å²) in [5.74, 6) is 0.00190. The van der Waals surface area contributed by atoms with Crippen LogP contribution < -0.4 is 21.4 Å². The Kier molecular flexibility index (Phi) is 45.6. The summed E-state index contributed by atoms with van der Waals surface area (Å²) < 4.78 is 95.9. The van der Waals surface area contributed by atoms with E-state index in [0.29, 0.717) is 256 Å². The van der Waals surface area contributed by atoms with Gasteiger partial charge in [0.2, 0.25) is 17.1 Å². The highest BCUT2D eigenvalue weighted by atomic mass is 16.6. The maximum Gasteiger partial charge on any atom is 0.220 e. The molecule has 0 spiro atoms. The van der Waals surface area contributed by atoms with Crippen molar-refractivity contribution in [2.75, 3.05) is 243 Å². The number of rotatable bonds is 61. The third kappa shape index (κ3) is 36.5. The van der Waals surface area contributed by atoms with Crippen molar-refractivity contribution in [3.05, 3.63) is 77.2 Å². The number of benzene rings is 3. The first kappa shape index (κ1) is 73.7. The number of fused-ring (bicyclic) bond motifs is 3. The largest absolute Gasteiger partial charge is 0.399 e. The molecule has 25 heteroatoms. The van der Waals surface area contributed by atoms with E-state index in [1.807, 2.05) is 54.6 Å². The fourth-order valence-electron chi connectivity index (χ4n) is 8.27. The number of nitrogens with zero attached hydrogens (tertiary/aromatic N) is 4. The Morgan fingerprint density at radius 2 is 0.802 bits per heavy atom. The van der Waals surface area contributed by atoms with Crippen molar-refractivity contribution in [3.8, 4) is 11.3 Å². The first-order valence-electron chi connectivity index (χ1n) is 30.2. The number of nitrogen functional groups attached to an aromatic ring is 1. The van der Waals surface area contributed by atoms with E-state index in [1.165, 1.54) is 0 Å². The van der Waals surface area contributed by atoms with Crippen LogP contribution in [0, 0.1) is 0 Å². The van der Waals surface area contributed by atoms with Crippen LogP contribution in [0.1, 0.15) is 25.7 Å². The van der Waals surface area contributed by atoms with Gasteiger partial charge in [0.25, 0.3) is 0 Å². The molecular formula is C61H98N7O18+. The molecular weight excluding hydrogens is 1120 g/mol. The Labute approximate surface area is 507 Å². The van der Waals surface area contributed by atoms with E-state index in [9.17, 15) is 4.79 Å². The number of carbonyl (C=O) groups is 1. The molecule has 1 heterocycles. The van der Waals surface area contributed by atoms with Gasteiger partial charge in [0.05, 0.1) is 235 Å². The summed E-state index contributed by atoms with van der Waals surface area (Å²) in [6.45, 7) is 18.1. The minimum absolute atomic E-state index is 0.00190. The van der Waals surface area contributed by atoms with Gasteiger partial charge in [-0.1, -0.05) is 35.4 Å². The van der Waals surface area contributed by atoms with Crippen molar-refractivity contribution < 1.29 is 89.9 Å². The topological polar surface area (TPSA) is 291 Å². The van der Waals surface area contributed by atoms with Crippen LogP contribution >= 0.6 is 0 Å². The molecule has 3 aromatic carbocycles. The van der Waals surface area contributed by atoms with Crippen molar-refractivity contribution in [1.82, 2.24) is 5.32 Å². The van der Waals surface area contributed by atoms with Crippen LogP contribution in [0.3, 0.4) is 0 Å². The number of hydrogen-bond acceptors (Lipinski definition) is 21. The predicted octanol–water partition coefficient (Wildman–Crippen LogP) is 5.39. The molecule has 4 aromatic rings. The number of ether oxygens (including phenoxy) is 17.